The summed E-state index contributed by atoms with van der Waals surface area (Å²) in [6.45, 7) is 2.08. The third kappa shape index (κ3) is 3.56. The summed E-state index contributed by atoms with van der Waals surface area (Å²) in [5.41, 5.74) is 1.11. The summed E-state index contributed by atoms with van der Waals surface area (Å²) < 4.78 is 18.7. The Bertz CT molecular complexity index is 764. The average molecular weight is 350 g/mol. The Hall–Kier alpha value is -2.42. The number of carbonyl (C=O) groups is 2. The van der Waals surface area contributed by atoms with Crippen LogP contribution in [0.2, 0.25) is 0 Å². The zero-order valence-electron chi connectivity index (χ0n) is 12.9. The van der Waals surface area contributed by atoms with Crippen molar-refractivity contribution in [2.45, 2.75) is 12.7 Å². The highest BCUT2D eigenvalue weighted by atomic mass is 32.2. The molecule has 0 saturated carbocycles. The van der Waals surface area contributed by atoms with E-state index in [1.807, 2.05) is 0 Å². The molecule has 3 amide bonds. The van der Waals surface area contributed by atoms with Crippen molar-refractivity contribution >= 4 is 23.7 Å². The molecule has 1 N–H and O–H groups in total. The second-order valence-electron chi connectivity index (χ2n) is 5.23. The van der Waals surface area contributed by atoms with Crippen molar-refractivity contribution in [1.82, 2.24) is 20.4 Å². The number of nitrogens with one attached hydrogen (secondary N) is 1. The first-order valence-electron chi connectivity index (χ1n) is 7.29. The molecule has 1 saturated heterocycles. The van der Waals surface area contributed by atoms with Crippen LogP contribution in [0.3, 0.4) is 0 Å². The molecule has 1 aromatic heterocycles. The molecular weight excluding hydrogens is 335 g/mol. The minimum absolute atomic E-state index is 0.0592. The highest BCUT2D eigenvalue weighted by Gasteiger charge is 2.27. The van der Waals surface area contributed by atoms with Gasteiger partial charge in [-0.3, -0.25) is 9.69 Å². The van der Waals surface area contributed by atoms with Crippen LogP contribution in [0.1, 0.15) is 11.5 Å². The van der Waals surface area contributed by atoms with E-state index in [1.165, 1.54) is 22.7 Å². The van der Waals surface area contributed by atoms with Crippen molar-refractivity contribution in [2.75, 3.05) is 18.8 Å². The number of imide groups is 1. The van der Waals surface area contributed by atoms with Crippen molar-refractivity contribution in [2.24, 2.45) is 0 Å². The summed E-state index contributed by atoms with van der Waals surface area (Å²) >= 11 is 1.47. The van der Waals surface area contributed by atoms with Crippen molar-refractivity contribution in [3.63, 3.8) is 0 Å². The minimum atomic E-state index is -0.359. The highest BCUT2D eigenvalue weighted by molar-refractivity contribution is 7.98. The molecule has 126 valence electrons. The van der Waals surface area contributed by atoms with Crippen LogP contribution in [0.25, 0.3) is 11.4 Å². The van der Waals surface area contributed by atoms with Crippen LogP contribution in [-0.4, -0.2) is 45.8 Å². The molecular formula is C15H15FN4O3S. The number of rotatable bonds is 6. The maximum Gasteiger partial charge on any atom is 0.324 e. The largest absolute Gasteiger partial charge is 0.338 e. The molecule has 0 spiro atoms. The van der Waals surface area contributed by atoms with E-state index in [2.05, 4.69) is 15.5 Å². The maximum atomic E-state index is 13.6. The standard InChI is InChI=1S/C15H15FN4O3S/c1-9-2-3-10(6-11(9)16)14-18-12(23-19-14)8-24-5-4-20-13(21)7-17-15(20)22/h2-3,6H,4-5,7-8H2,1H3,(H,17,22). The summed E-state index contributed by atoms with van der Waals surface area (Å²) in [5, 5.41) is 6.31. The molecule has 24 heavy (non-hydrogen) atoms. The average Bonchev–Trinajstić information content (AvgIpc) is 3.15. The van der Waals surface area contributed by atoms with Crippen LogP contribution in [0, 0.1) is 12.7 Å². The Labute approximate surface area is 141 Å². The number of aromatic nitrogens is 2. The van der Waals surface area contributed by atoms with E-state index < -0.39 is 0 Å². The molecule has 0 unspecified atom stereocenters. The smallest absolute Gasteiger partial charge is 0.324 e. The Balaban J connectivity index is 1.52. The lowest BCUT2D eigenvalue weighted by Crippen LogP contribution is -2.32. The fourth-order valence-electron chi connectivity index (χ4n) is 2.16. The molecule has 1 aromatic carbocycles. The maximum absolute atomic E-state index is 13.6. The number of halogens is 1. The lowest BCUT2D eigenvalue weighted by molar-refractivity contribution is -0.124. The van der Waals surface area contributed by atoms with E-state index >= 15 is 0 Å². The lowest BCUT2D eigenvalue weighted by atomic mass is 10.1. The van der Waals surface area contributed by atoms with Crippen molar-refractivity contribution < 1.29 is 18.5 Å². The number of aryl methyl sites for hydroxylation is 1. The second kappa shape index (κ2) is 7.00. The van der Waals surface area contributed by atoms with Gasteiger partial charge in [0.05, 0.1) is 12.3 Å². The first-order valence-corrected chi connectivity index (χ1v) is 8.45. The van der Waals surface area contributed by atoms with E-state index in [9.17, 15) is 14.0 Å². The Morgan fingerprint density at radius 1 is 1.42 bits per heavy atom. The predicted octanol–water partition coefficient (Wildman–Crippen LogP) is 1.97. The van der Waals surface area contributed by atoms with Gasteiger partial charge < -0.3 is 9.84 Å². The molecule has 1 aliphatic heterocycles. The molecule has 3 rings (SSSR count). The van der Waals surface area contributed by atoms with Crippen molar-refractivity contribution in [1.29, 1.82) is 0 Å². The van der Waals surface area contributed by atoms with Crippen molar-refractivity contribution in [3.05, 3.63) is 35.5 Å². The summed E-state index contributed by atoms with van der Waals surface area (Å²) in [6, 6.07) is 4.40. The van der Waals surface area contributed by atoms with Gasteiger partial charge in [-0.15, -0.1) is 0 Å². The van der Waals surface area contributed by atoms with E-state index in [0.717, 1.165) is 0 Å². The normalized spacial score (nSPS) is 14.3. The monoisotopic (exact) mass is 350 g/mol. The van der Waals surface area contributed by atoms with Gasteiger partial charge in [0.2, 0.25) is 17.6 Å². The minimum Gasteiger partial charge on any atom is -0.338 e. The Kier molecular flexibility index (Phi) is 4.79. The van der Waals surface area contributed by atoms with Crippen molar-refractivity contribution in [3.8, 4) is 11.4 Å². The molecule has 0 atom stereocenters. The van der Waals surface area contributed by atoms with E-state index in [1.54, 1.807) is 19.1 Å². The number of hydrogen-bond acceptors (Lipinski definition) is 6. The van der Waals surface area contributed by atoms with Crippen LogP contribution in [0.15, 0.2) is 22.7 Å². The second-order valence-corrected chi connectivity index (χ2v) is 6.34. The third-order valence-electron chi connectivity index (χ3n) is 3.52. The van der Waals surface area contributed by atoms with Gasteiger partial charge in [-0.1, -0.05) is 17.3 Å². The summed E-state index contributed by atoms with van der Waals surface area (Å²) in [5.74, 6) is 1.22. The van der Waals surface area contributed by atoms with Gasteiger partial charge in [0, 0.05) is 17.9 Å². The topological polar surface area (TPSA) is 88.3 Å². The summed E-state index contributed by atoms with van der Waals surface area (Å²) in [4.78, 5) is 28.2. The highest BCUT2D eigenvalue weighted by Crippen LogP contribution is 2.20. The quantitative estimate of drug-likeness (QED) is 0.633. The molecule has 7 nitrogen and oxygen atoms in total. The number of urea groups is 1. The summed E-state index contributed by atoms with van der Waals surface area (Å²) in [7, 11) is 0. The number of benzene rings is 1. The van der Waals surface area contributed by atoms with Gasteiger partial charge in [-0.05, 0) is 18.6 Å². The van der Waals surface area contributed by atoms with E-state index in [-0.39, 0.29) is 24.3 Å². The van der Waals surface area contributed by atoms with Gasteiger partial charge in [0.1, 0.15) is 5.82 Å². The Morgan fingerprint density at radius 3 is 2.96 bits per heavy atom. The van der Waals surface area contributed by atoms with Gasteiger partial charge >= 0.3 is 6.03 Å². The zero-order valence-corrected chi connectivity index (χ0v) is 13.7. The van der Waals surface area contributed by atoms with Gasteiger partial charge in [-0.2, -0.15) is 16.7 Å². The number of amides is 3. The molecule has 1 fully saturated rings. The van der Waals surface area contributed by atoms with Gasteiger partial charge in [-0.25, -0.2) is 9.18 Å². The summed E-state index contributed by atoms with van der Waals surface area (Å²) in [6.07, 6.45) is 0. The number of hydrogen-bond donors (Lipinski definition) is 1. The lowest BCUT2D eigenvalue weighted by Gasteiger charge is -2.10. The van der Waals surface area contributed by atoms with E-state index in [0.29, 0.717) is 40.9 Å². The van der Waals surface area contributed by atoms with Crippen LogP contribution in [-0.2, 0) is 10.5 Å². The Morgan fingerprint density at radius 2 is 2.25 bits per heavy atom. The predicted molar refractivity (Wildman–Crippen MR) is 85.7 cm³/mol. The SMILES string of the molecule is Cc1ccc(-c2noc(CSCCN3C(=O)CNC3=O)n2)cc1F. The van der Waals surface area contributed by atoms with Crippen LogP contribution in [0.5, 0.6) is 0 Å². The fourth-order valence-corrected chi connectivity index (χ4v) is 2.91. The molecule has 1 aliphatic rings. The van der Waals surface area contributed by atoms with Crippen LogP contribution < -0.4 is 5.32 Å². The number of thioether (sulfide) groups is 1. The van der Waals surface area contributed by atoms with Gasteiger partial charge in [0.15, 0.2) is 0 Å². The molecule has 2 heterocycles. The number of carbonyl (C=O) groups excluding carboxylic acids is 2. The first-order chi connectivity index (χ1) is 11.5. The zero-order chi connectivity index (χ0) is 17.1. The molecule has 9 heteroatoms. The molecule has 0 bridgehead atoms. The van der Waals surface area contributed by atoms with Crippen LogP contribution in [0.4, 0.5) is 9.18 Å². The first kappa shape index (κ1) is 16.4. The van der Waals surface area contributed by atoms with E-state index in [4.69, 9.17) is 4.52 Å². The van der Waals surface area contributed by atoms with Crippen LogP contribution >= 0.6 is 11.8 Å². The third-order valence-corrected chi connectivity index (χ3v) is 4.44. The number of nitrogens with zero attached hydrogens (tertiary/aromatic N) is 3. The molecule has 0 aliphatic carbocycles. The molecule has 2 aromatic rings. The van der Waals surface area contributed by atoms with Gasteiger partial charge in [0.25, 0.3) is 0 Å². The molecule has 0 radical (unpaired) electrons. The fraction of sp³-hybridized carbons (Fsp3) is 0.333.